The number of benzene rings is 2. The summed E-state index contributed by atoms with van der Waals surface area (Å²) in [5.74, 6) is 0.673. The third-order valence-electron chi connectivity index (χ3n) is 8.21. The Balaban J connectivity index is 1.27. The first-order valence-corrected chi connectivity index (χ1v) is 13.4. The van der Waals surface area contributed by atoms with Crippen molar-refractivity contribution in [1.82, 2.24) is 20.0 Å². The van der Waals surface area contributed by atoms with Crippen LogP contribution in [-0.4, -0.2) is 77.5 Å². The number of rotatable bonds is 5. The molecule has 2 aromatic carbocycles. The van der Waals surface area contributed by atoms with Crippen LogP contribution in [0.3, 0.4) is 0 Å². The van der Waals surface area contributed by atoms with Gasteiger partial charge in [-0.15, -0.1) is 0 Å². The number of nitrogens with zero attached hydrogens (tertiary/aromatic N) is 4. The summed E-state index contributed by atoms with van der Waals surface area (Å²) in [5.41, 5.74) is 1.28. The molecule has 1 spiro atoms. The Kier molecular flexibility index (Phi) is 7.35. The molecule has 0 atom stereocenters. The van der Waals surface area contributed by atoms with E-state index in [1.807, 2.05) is 65.6 Å². The zero-order valence-corrected chi connectivity index (χ0v) is 21.6. The Hall–Kier alpha value is -3.55. The second-order valence-electron chi connectivity index (χ2n) is 10.6. The van der Waals surface area contributed by atoms with Crippen molar-refractivity contribution in [2.45, 2.75) is 44.7 Å². The van der Waals surface area contributed by atoms with Crippen molar-refractivity contribution in [2.24, 2.45) is 5.92 Å². The van der Waals surface area contributed by atoms with Crippen LogP contribution in [-0.2, 0) is 16.1 Å². The molecule has 2 aromatic rings. The highest BCUT2D eigenvalue weighted by Crippen LogP contribution is 2.39. The number of nitrogens with one attached hydrogen (secondary N) is 1. The number of carbonyl (C=O) groups excluding carboxylic acids is 3. The second kappa shape index (κ2) is 10.8. The van der Waals surface area contributed by atoms with E-state index in [2.05, 4.69) is 17.1 Å². The maximum absolute atomic E-state index is 13.9. The molecule has 0 saturated carbocycles. The van der Waals surface area contributed by atoms with Crippen molar-refractivity contribution in [2.75, 3.05) is 44.3 Å². The Morgan fingerprint density at radius 2 is 1.51 bits per heavy atom. The van der Waals surface area contributed by atoms with Gasteiger partial charge in [-0.25, -0.2) is 4.79 Å². The van der Waals surface area contributed by atoms with E-state index in [0.717, 1.165) is 37.2 Å². The first-order valence-electron chi connectivity index (χ1n) is 13.4. The zero-order chi connectivity index (χ0) is 25.8. The summed E-state index contributed by atoms with van der Waals surface area (Å²) >= 11 is 0. The van der Waals surface area contributed by atoms with Crippen LogP contribution in [0.4, 0.5) is 10.5 Å². The first-order chi connectivity index (χ1) is 18.0. The number of hydrogen-bond acceptors (Lipinski definition) is 4. The predicted molar refractivity (Wildman–Crippen MR) is 143 cm³/mol. The van der Waals surface area contributed by atoms with Crippen LogP contribution in [0.15, 0.2) is 60.7 Å². The van der Waals surface area contributed by atoms with Crippen molar-refractivity contribution in [1.29, 1.82) is 0 Å². The maximum atomic E-state index is 13.9. The molecule has 0 radical (unpaired) electrons. The van der Waals surface area contributed by atoms with Gasteiger partial charge >= 0.3 is 6.03 Å². The van der Waals surface area contributed by atoms with Crippen LogP contribution in [0.5, 0.6) is 0 Å². The average Bonchev–Trinajstić information content (AvgIpc) is 3.19. The highest BCUT2D eigenvalue weighted by Gasteiger charge is 2.54. The van der Waals surface area contributed by atoms with Crippen molar-refractivity contribution in [3.8, 4) is 0 Å². The van der Waals surface area contributed by atoms with Gasteiger partial charge in [0.2, 0.25) is 5.91 Å². The van der Waals surface area contributed by atoms with E-state index in [9.17, 15) is 14.4 Å². The predicted octanol–water partition coefficient (Wildman–Crippen LogP) is 3.30. The number of amides is 4. The molecule has 1 N–H and O–H groups in total. The lowest BCUT2D eigenvalue weighted by molar-refractivity contribution is -0.141. The normalized spacial score (nSPS) is 20.0. The molecule has 5 rings (SSSR count). The van der Waals surface area contributed by atoms with Crippen LogP contribution in [0.2, 0.25) is 0 Å². The molecule has 8 nitrogen and oxygen atoms in total. The fourth-order valence-corrected chi connectivity index (χ4v) is 5.81. The molecular weight excluding hydrogens is 466 g/mol. The Morgan fingerprint density at radius 1 is 0.892 bits per heavy atom. The molecular formula is C29H37N5O3. The molecule has 3 saturated heterocycles. The third kappa shape index (κ3) is 5.29. The molecule has 0 aliphatic carbocycles. The van der Waals surface area contributed by atoms with E-state index < -0.39 is 5.54 Å². The number of anilines is 1. The van der Waals surface area contributed by atoms with Gasteiger partial charge in [0.05, 0.1) is 6.67 Å². The van der Waals surface area contributed by atoms with Crippen molar-refractivity contribution < 1.29 is 14.4 Å². The Bertz CT molecular complexity index is 1090. The van der Waals surface area contributed by atoms with Gasteiger partial charge in [0.25, 0.3) is 5.91 Å². The number of piperidine rings is 2. The summed E-state index contributed by atoms with van der Waals surface area (Å²) in [7, 11) is 0. The molecule has 0 aromatic heterocycles. The lowest BCUT2D eigenvalue weighted by Gasteiger charge is -2.43. The lowest BCUT2D eigenvalue weighted by atomic mass is 9.85. The quantitative estimate of drug-likeness (QED) is 0.680. The Morgan fingerprint density at radius 3 is 2.16 bits per heavy atom. The van der Waals surface area contributed by atoms with Gasteiger partial charge in [0.15, 0.2) is 0 Å². The number of urea groups is 1. The molecule has 3 aliphatic heterocycles. The van der Waals surface area contributed by atoms with Gasteiger partial charge in [0, 0.05) is 38.4 Å². The van der Waals surface area contributed by atoms with Gasteiger partial charge in [-0.2, -0.15) is 0 Å². The van der Waals surface area contributed by atoms with Gasteiger partial charge < -0.3 is 24.9 Å². The Labute approximate surface area is 219 Å². The van der Waals surface area contributed by atoms with Gasteiger partial charge in [-0.3, -0.25) is 9.59 Å². The number of likely N-dealkylation sites (tertiary alicyclic amines) is 2. The van der Waals surface area contributed by atoms with Crippen LogP contribution in [0.1, 0.15) is 38.2 Å². The van der Waals surface area contributed by atoms with E-state index in [-0.39, 0.29) is 24.4 Å². The number of hydrogen-bond donors (Lipinski definition) is 1. The third-order valence-corrected chi connectivity index (χ3v) is 8.21. The monoisotopic (exact) mass is 503 g/mol. The van der Waals surface area contributed by atoms with Gasteiger partial charge in [0.1, 0.15) is 12.1 Å². The lowest BCUT2D eigenvalue weighted by Crippen LogP contribution is -2.58. The van der Waals surface area contributed by atoms with E-state index in [1.54, 1.807) is 9.80 Å². The fourth-order valence-electron chi connectivity index (χ4n) is 5.81. The number of para-hydroxylation sites is 1. The zero-order valence-electron chi connectivity index (χ0n) is 21.6. The fraction of sp³-hybridized carbons (Fsp3) is 0.483. The van der Waals surface area contributed by atoms with Crippen molar-refractivity contribution in [3.05, 3.63) is 66.2 Å². The van der Waals surface area contributed by atoms with E-state index in [0.29, 0.717) is 45.1 Å². The summed E-state index contributed by atoms with van der Waals surface area (Å²) < 4.78 is 0. The van der Waals surface area contributed by atoms with E-state index >= 15 is 0 Å². The summed E-state index contributed by atoms with van der Waals surface area (Å²) in [4.78, 5) is 47.5. The smallest absolute Gasteiger partial charge is 0.317 e. The van der Waals surface area contributed by atoms with Crippen molar-refractivity contribution in [3.63, 3.8) is 0 Å². The molecule has 4 amide bonds. The topological polar surface area (TPSA) is 76.2 Å². The van der Waals surface area contributed by atoms with E-state index in [1.165, 1.54) is 0 Å². The molecule has 196 valence electrons. The summed E-state index contributed by atoms with van der Waals surface area (Å²) in [6.45, 7) is 5.70. The standard InChI is InChI=1S/C29H37N5O3/c1-23-12-16-31(17-13-23)26(35)21-33-22-34(25-10-6-3-7-11-25)29(27(33)36)14-18-32(19-15-29)28(37)30-20-24-8-4-2-5-9-24/h2-11,23H,12-22H2,1H3,(H,30,37). The van der Waals surface area contributed by atoms with E-state index in [4.69, 9.17) is 0 Å². The highest BCUT2D eigenvalue weighted by molar-refractivity contribution is 5.96. The average molecular weight is 504 g/mol. The van der Waals surface area contributed by atoms with Gasteiger partial charge in [-0.1, -0.05) is 55.5 Å². The molecule has 3 aliphatic rings. The SMILES string of the molecule is CC1CCN(C(=O)CN2CN(c3ccccc3)C3(CCN(C(=O)NCc4ccccc4)CC3)C2=O)CC1. The maximum Gasteiger partial charge on any atom is 0.317 e. The first kappa shape index (κ1) is 25.1. The molecule has 3 fully saturated rings. The largest absolute Gasteiger partial charge is 0.341 e. The molecule has 3 heterocycles. The molecule has 0 bridgehead atoms. The van der Waals surface area contributed by atoms with Crippen LogP contribution in [0, 0.1) is 5.92 Å². The van der Waals surface area contributed by atoms with Crippen molar-refractivity contribution >= 4 is 23.5 Å². The molecule has 0 unspecified atom stereocenters. The summed E-state index contributed by atoms with van der Waals surface area (Å²) in [6.07, 6.45) is 3.10. The minimum absolute atomic E-state index is 0.000533. The summed E-state index contributed by atoms with van der Waals surface area (Å²) in [5, 5.41) is 3.00. The van der Waals surface area contributed by atoms with Crippen LogP contribution >= 0.6 is 0 Å². The summed E-state index contributed by atoms with van der Waals surface area (Å²) in [6, 6.07) is 19.7. The number of carbonyl (C=O) groups is 3. The van der Waals surface area contributed by atoms with Gasteiger partial charge in [-0.05, 0) is 49.3 Å². The molecule has 37 heavy (non-hydrogen) atoms. The minimum Gasteiger partial charge on any atom is -0.341 e. The van der Waals surface area contributed by atoms with Crippen LogP contribution in [0.25, 0.3) is 0 Å². The second-order valence-corrected chi connectivity index (χ2v) is 10.6. The molecule has 8 heteroatoms. The highest BCUT2D eigenvalue weighted by atomic mass is 16.2. The van der Waals surface area contributed by atoms with Crippen LogP contribution < -0.4 is 10.2 Å². The minimum atomic E-state index is -0.742.